The molecule has 5 nitrogen and oxygen atoms in total. The molecule has 0 aliphatic heterocycles. The van der Waals surface area contributed by atoms with Crippen molar-refractivity contribution in [3.63, 3.8) is 0 Å². The van der Waals surface area contributed by atoms with E-state index in [1.807, 2.05) is 30.3 Å². The average Bonchev–Trinajstić information content (AvgIpc) is 3.28. The molecule has 0 spiro atoms. The number of hydrogen-bond acceptors (Lipinski definition) is 5. The van der Waals surface area contributed by atoms with E-state index in [9.17, 15) is 13.2 Å². The summed E-state index contributed by atoms with van der Waals surface area (Å²) in [7, 11) is 3.12. The maximum Gasteiger partial charge on any atom is 0.416 e. The molecule has 0 atom stereocenters. The van der Waals surface area contributed by atoms with Crippen molar-refractivity contribution in [1.82, 2.24) is 15.0 Å². The Hall–Kier alpha value is -3.46. The first-order valence-corrected chi connectivity index (χ1v) is 10.3. The van der Waals surface area contributed by atoms with Crippen LogP contribution in [0.25, 0.3) is 16.9 Å². The van der Waals surface area contributed by atoms with Gasteiger partial charge in [-0.1, -0.05) is 41.2 Å². The van der Waals surface area contributed by atoms with Crippen LogP contribution in [0.3, 0.4) is 0 Å². The van der Waals surface area contributed by atoms with Crippen LogP contribution in [-0.2, 0) is 6.18 Å². The number of alkyl halides is 3. The first-order valence-electron chi connectivity index (χ1n) is 9.49. The largest absolute Gasteiger partial charge is 0.494 e. The number of methoxy groups -OCH3 is 2. The zero-order valence-electron chi connectivity index (χ0n) is 17.1. The number of aromatic nitrogens is 3. The Morgan fingerprint density at radius 1 is 0.844 bits per heavy atom. The van der Waals surface area contributed by atoms with E-state index in [0.29, 0.717) is 27.8 Å². The van der Waals surface area contributed by atoms with E-state index in [1.165, 1.54) is 23.9 Å². The molecule has 3 aromatic carbocycles. The van der Waals surface area contributed by atoms with Crippen molar-refractivity contribution < 1.29 is 22.6 Å². The fraction of sp³-hybridized carbons (Fsp3) is 0.130. The fourth-order valence-electron chi connectivity index (χ4n) is 3.16. The summed E-state index contributed by atoms with van der Waals surface area (Å²) in [6.45, 7) is 0. The molecule has 0 bridgehead atoms. The number of hydrogen-bond donors (Lipinski definition) is 0. The molecule has 0 aliphatic carbocycles. The van der Waals surface area contributed by atoms with Crippen LogP contribution in [0, 0.1) is 0 Å². The summed E-state index contributed by atoms with van der Waals surface area (Å²) in [6.07, 6.45) is -2.61. The van der Waals surface area contributed by atoms with Gasteiger partial charge >= 0.3 is 6.18 Å². The second kappa shape index (κ2) is 8.96. The summed E-state index contributed by atoms with van der Waals surface area (Å²) >= 11 is 1.36. The zero-order chi connectivity index (χ0) is 22.7. The lowest BCUT2D eigenvalue weighted by Crippen LogP contribution is -2.03. The predicted octanol–water partition coefficient (Wildman–Crippen LogP) is 6.12. The van der Waals surface area contributed by atoms with E-state index in [1.54, 1.807) is 37.2 Å². The van der Waals surface area contributed by atoms with Gasteiger partial charge in [-0.15, -0.1) is 5.10 Å². The lowest BCUT2D eigenvalue weighted by Gasteiger charge is -2.12. The molecule has 0 N–H and O–H groups in total. The molecular formula is C23H18F3N3O2S. The number of benzene rings is 3. The maximum atomic E-state index is 12.8. The summed E-state index contributed by atoms with van der Waals surface area (Å²) < 4.78 is 51.0. The van der Waals surface area contributed by atoms with Crippen LogP contribution in [0.15, 0.2) is 82.7 Å². The molecular weight excluding hydrogens is 439 g/mol. The summed E-state index contributed by atoms with van der Waals surface area (Å²) in [5, 5.41) is 8.54. The van der Waals surface area contributed by atoms with Gasteiger partial charge in [0.2, 0.25) is 0 Å². The predicted molar refractivity (Wildman–Crippen MR) is 115 cm³/mol. The molecule has 0 fully saturated rings. The Balaban J connectivity index is 1.67. The lowest BCUT2D eigenvalue weighted by molar-refractivity contribution is -0.137. The van der Waals surface area contributed by atoms with Crippen molar-refractivity contribution in [3.8, 4) is 28.4 Å². The van der Waals surface area contributed by atoms with Gasteiger partial charge < -0.3 is 9.47 Å². The highest BCUT2D eigenvalue weighted by Gasteiger charge is 2.30. The van der Waals surface area contributed by atoms with Gasteiger partial charge in [-0.25, -0.2) is 4.68 Å². The van der Waals surface area contributed by atoms with E-state index in [-0.39, 0.29) is 0 Å². The van der Waals surface area contributed by atoms with Crippen molar-refractivity contribution in [2.45, 2.75) is 16.0 Å². The van der Waals surface area contributed by atoms with Gasteiger partial charge in [0.05, 0.1) is 26.0 Å². The van der Waals surface area contributed by atoms with Crippen LogP contribution in [0.5, 0.6) is 11.5 Å². The Kier molecular flexibility index (Phi) is 6.09. The molecule has 164 valence electrons. The molecule has 1 heterocycles. The van der Waals surface area contributed by atoms with E-state index in [4.69, 9.17) is 9.47 Å². The van der Waals surface area contributed by atoms with Gasteiger partial charge in [-0.05, 0) is 42.5 Å². The molecule has 0 saturated carbocycles. The monoisotopic (exact) mass is 457 g/mol. The summed E-state index contributed by atoms with van der Waals surface area (Å²) in [5.74, 6) is 1.15. The standard InChI is InChI=1S/C23H18F3N3O2S/c1-30-19-7-5-8-20(31-2)22(19)29-14-18(27-28-29)17-6-3-4-9-21(17)32-16-12-10-15(11-13-16)23(24,25)26/h3-14H,1-2H3. The van der Waals surface area contributed by atoms with Crippen molar-refractivity contribution in [2.75, 3.05) is 14.2 Å². The molecule has 4 aromatic rings. The van der Waals surface area contributed by atoms with Crippen molar-refractivity contribution in [3.05, 3.63) is 78.5 Å². The average molecular weight is 457 g/mol. The van der Waals surface area contributed by atoms with E-state index in [2.05, 4.69) is 10.3 Å². The van der Waals surface area contributed by atoms with Crippen LogP contribution < -0.4 is 9.47 Å². The molecule has 0 amide bonds. The second-order valence-electron chi connectivity index (χ2n) is 6.68. The molecule has 9 heteroatoms. The van der Waals surface area contributed by atoms with Crippen molar-refractivity contribution in [2.24, 2.45) is 0 Å². The van der Waals surface area contributed by atoms with Crippen LogP contribution in [0.4, 0.5) is 13.2 Å². The first kappa shape index (κ1) is 21.8. The van der Waals surface area contributed by atoms with Gasteiger partial charge in [0, 0.05) is 15.4 Å². The smallest absolute Gasteiger partial charge is 0.416 e. The Bertz CT molecular complexity index is 1200. The Morgan fingerprint density at radius 3 is 2.12 bits per heavy atom. The second-order valence-corrected chi connectivity index (χ2v) is 7.80. The highest BCUT2D eigenvalue weighted by Crippen LogP contribution is 2.38. The molecule has 0 unspecified atom stereocenters. The third-order valence-electron chi connectivity index (χ3n) is 4.70. The zero-order valence-corrected chi connectivity index (χ0v) is 17.9. The summed E-state index contributed by atoms with van der Waals surface area (Å²) in [4.78, 5) is 1.52. The van der Waals surface area contributed by atoms with Crippen LogP contribution in [-0.4, -0.2) is 29.2 Å². The third-order valence-corrected chi connectivity index (χ3v) is 5.78. The minimum absolute atomic E-state index is 0.577. The topological polar surface area (TPSA) is 49.2 Å². The van der Waals surface area contributed by atoms with Crippen LogP contribution >= 0.6 is 11.8 Å². The molecule has 1 aromatic heterocycles. The maximum absolute atomic E-state index is 12.8. The number of nitrogens with zero attached hydrogens (tertiary/aromatic N) is 3. The van der Waals surface area contributed by atoms with Gasteiger partial charge in [0.15, 0.2) is 5.69 Å². The Labute approximate surface area is 186 Å². The SMILES string of the molecule is COc1cccc(OC)c1-n1cc(-c2ccccc2Sc2ccc(C(F)(F)F)cc2)nn1. The van der Waals surface area contributed by atoms with E-state index in [0.717, 1.165) is 22.6 Å². The number of rotatable bonds is 6. The highest BCUT2D eigenvalue weighted by atomic mass is 32.2. The number of ether oxygens (including phenoxy) is 2. The van der Waals surface area contributed by atoms with Gasteiger partial charge in [-0.3, -0.25) is 0 Å². The van der Waals surface area contributed by atoms with E-state index >= 15 is 0 Å². The Morgan fingerprint density at radius 2 is 1.50 bits per heavy atom. The molecule has 0 aliphatic rings. The van der Waals surface area contributed by atoms with Gasteiger partial charge in [-0.2, -0.15) is 13.2 Å². The minimum Gasteiger partial charge on any atom is -0.494 e. The van der Waals surface area contributed by atoms with Gasteiger partial charge in [0.1, 0.15) is 17.2 Å². The highest BCUT2D eigenvalue weighted by molar-refractivity contribution is 7.99. The van der Waals surface area contributed by atoms with Crippen LogP contribution in [0.1, 0.15) is 5.56 Å². The van der Waals surface area contributed by atoms with E-state index < -0.39 is 11.7 Å². The van der Waals surface area contributed by atoms with Crippen molar-refractivity contribution >= 4 is 11.8 Å². The first-order chi connectivity index (χ1) is 15.4. The minimum atomic E-state index is -4.36. The number of para-hydroxylation sites is 1. The van der Waals surface area contributed by atoms with Crippen molar-refractivity contribution in [1.29, 1.82) is 0 Å². The fourth-order valence-corrected chi connectivity index (χ4v) is 4.12. The molecule has 4 rings (SSSR count). The summed E-state index contributed by atoms with van der Waals surface area (Å²) in [6, 6.07) is 18.0. The number of halogens is 3. The quantitative estimate of drug-likeness (QED) is 0.349. The normalized spacial score (nSPS) is 11.4. The molecule has 0 saturated heterocycles. The lowest BCUT2D eigenvalue weighted by atomic mass is 10.2. The van der Waals surface area contributed by atoms with Crippen LogP contribution in [0.2, 0.25) is 0 Å². The molecule has 0 radical (unpaired) electrons. The molecule has 32 heavy (non-hydrogen) atoms. The summed E-state index contributed by atoms with van der Waals surface area (Å²) in [5.41, 5.74) is 1.35. The third kappa shape index (κ3) is 4.43. The van der Waals surface area contributed by atoms with Gasteiger partial charge in [0.25, 0.3) is 0 Å².